The van der Waals surface area contributed by atoms with Crippen molar-refractivity contribution in [3.63, 3.8) is 0 Å². The molecule has 0 fully saturated rings. The number of nitro benzene ring substituents is 1. The van der Waals surface area contributed by atoms with E-state index in [4.69, 9.17) is 4.52 Å². The van der Waals surface area contributed by atoms with E-state index in [0.717, 1.165) is 18.2 Å². The number of hydrogen-bond acceptors (Lipinski definition) is 5. The zero-order valence-electron chi connectivity index (χ0n) is 11.5. The van der Waals surface area contributed by atoms with Gasteiger partial charge in [-0.15, -0.1) is 0 Å². The van der Waals surface area contributed by atoms with E-state index in [2.05, 4.69) is 10.1 Å². The highest BCUT2D eigenvalue weighted by atomic mass is 16.6. The van der Waals surface area contributed by atoms with Crippen molar-refractivity contribution in [2.24, 2.45) is 0 Å². The summed E-state index contributed by atoms with van der Waals surface area (Å²) in [5, 5.41) is 15.9. The van der Waals surface area contributed by atoms with Crippen molar-refractivity contribution in [1.82, 2.24) is 14.7 Å². The summed E-state index contributed by atoms with van der Waals surface area (Å²) in [4.78, 5) is 15.1. The lowest BCUT2D eigenvalue weighted by molar-refractivity contribution is -0.383. The van der Waals surface area contributed by atoms with E-state index in [0.29, 0.717) is 23.8 Å². The maximum absolute atomic E-state index is 11.1. The number of para-hydroxylation sites is 1. The number of benzene rings is 1. The van der Waals surface area contributed by atoms with Crippen molar-refractivity contribution in [2.75, 3.05) is 0 Å². The quantitative estimate of drug-likeness (QED) is 0.531. The monoisotopic (exact) mass is 286 g/mol. The van der Waals surface area contributed by atoms with Crippen LogP contribution in [0.1, 0.15) is 25.1 Å². The second-order valence-corrected chi connectivity index (χ2v) is 4.77. The first-order valence-corrected chi connectivity index (χ1v) is 6.72. The van der Waals surface area contributed by atoms with Crippen molar-refractivity contribution in [3.8, 4) is 0 Å². The molecular weight excluding hydrogens is 272 g/mol. The van der Waals surface area contributed by atoms with Gasteiger partial charge in [0.25, 0.3) is 5.69 Å². The van der Waals surface area contributed by atoms with Gasteiger partial charge in [-0.05, 0) is 12.5 Å². The molecule has 0 saturated carbocycles. The van der Waals surface area contributed by atoms with Crippen LogP contribution in [0.5, 0.6) is 0 Å². The highest BCUT2D eigenvalue weighted by Gasteiger charge is 2.16. The molecule has 0 spiro atoms. The van der Waals surface area contributed by atoms with Crippen LogP contribution in [0.4, 0.5) is 5.69 Å². The second-order valence-electron chi connectivity index (χ2n) is 4.77. The largest absolute Gasteiger partial charge is 0.339 e. The first-order chi connectivity index (χ1) is 10.2. The summed E-state index contributed by atoms with van der Waals surface area (Å²) >= 11 is 0. The topological polar surface area (TPSA) is 87.0 Å². The SMILES string of the molecule is CCCc1nc(Cn2ccc3cccc([N+](=O)[O-])c32)no1. The molecule has 0 aliphatic heterocycles. The fraction of sp³-hybridized carbons (Fsp3) is 0.286. The molecule has 7 nitrogen and oxygen atoms in total. The molecule has 0 radical (unpaired) electrons. The van der Waals surface area contributed by atoms with Crippen LogP contribution < -0.4 is 0 Å². The average molecular weight is 286 g/mol. The summed E-state index contributed by atoms with van der Waals surface area (Å²) in [6.07, 6.45) is 3.46. The second kappa shape index (κ2) is 5.35. The number of fused-ring (bicyclic) bond motifs is 1. The first kappa shape index (κ1) is 13.3. The van der Waals surface area contributed by atoms with Gasteiger partial charge in [-0.3, -0.25) is 10.1 Å². The Morgan fingerprint density at radius 3 is 3.00 bits per heavy atom. The van der Waals surface area contributed by atoms with E-state index < -0.39 is 0 Å². The third kappa shape index (κ3) is 2.49. The van der Waals surface area contributed by atoms with Crippen LogP contribution in [0.2, 0.25) is 0 Å². The molecule has 0 aliphatic rings. The van der Waals surface area contributed by atoms with E-state index in [9.17, 15) is 10.1 Å². The number of hydrogen-bond donors (Lipinski definition) is 0. The fourth-order valence-corrected chi connectivity index (χ4v) is 2.34. The highest BCUT2D eigenvalue weighted by molar-refractivity contribution is 5.88. The molecule has 3 rings (SSSR count). The van der Waals surface area contributed by atoms with Gasteiger partial charge >= 0.3 is 0 Å². The Morgan fingerprint density at radius 1 is 1.38 bits per heavy atom. The molecule has 0 unspecified atom stereocenters. The van der Waals surface area contributed by atoms with Crippen LogP contribution >= 0.6 is 0 Å². The van der Waals surface area contributed by atoms with Crippen LogP contribution in [0.25, 0.3) is 10.9 Å². The Balaban J connectivity index is 1.98. The summed E-state index contributed by atoms with van der Waals surface area (Å²) < 4.78 is 6.91. The van der Waals surface area contributed by atoms with Crippen LogP contribution in [-0.2, 0) is 13.0 Å². The molecule has 2 heterocycles. The number of non-ortho nitro benzene ring substituents is 1. The summed E-state index contributed by atoms with van der Waals surface area (Å²) in [6, 6.07) is 6.86. The van der Waals surface area contributed by atoms with Crippen LogP contribution in [0, 0.1) is 10.1 Å². The van der Waals surface area contributed by atoms with E-state index in [-0.39, 0.29) is 10.6 Å². The Labute approximate surface area is 120 Å². The summed E-state index contributed by atoms with van der Waals surface area (Å²) in [5.74, 6) is 1.12. The summed E-state index contributed by atoms with van der Waals surface area (Å²) in [5.41, 5.74) is 0.652. The molecule has 3 aromatic rings. The van der Waals surface area contributed by atoms with Gasteiger partial charge in [-0.1, -0.05) is 24.2 Å². The molecule has 21 heavy (non-hydrogen) atoms. The van der Waals surface area contributed by atoms with Gasteiger partial charge in [-0.2, -0.15) is 4.98 Å². The van der Waals surface area contributed by atoms with Crippen molar-refractivity contribution in [2.45, 2.75) is 26.3 Å². The standard InChI is InChI=1S/C14H14N4O3/c1-2-4-13-15-12(16-21-13)9-17-8-7-10-5-3-6-11(14(10)17)18(19)20/h3,5-8H,2,4,9H2,1H3. The molecule has 7 heteroatoms. The normalized spacial score (nSPS) is 11.1. The minimum atomic E-state index is -0.377. The van der Waals surface area contributed by atoms with Gasteiger partial charge in [0.05, 0.1) is 11.5 Å². The Kier molecular flexibility index (Phi) is 3.39. The lowest BCUT2D eigenvalue weighted by atomic mass is 10.2. The van der Waals surface area contributed by atoms with Gasteiger partial charge in [0.15, 0.2) is 5.82 Å². The minimum absolute atomic E-state index is 0.0785. The Bertz CT molecular complexity index is 790. The Hall–Kier alpha value is -2.70. The number of aryl methyl sites for hydroxylation is 1. The molecular formula is C14H14N4O3. The molecule has 0 amide bonds. The van der Waals surface area contributed by atoms with E-state index in [1.54, 1.807) is 16.8 Å². The van der Waals surface area contributed by atoms with Gasteiger partial charge in [0.2, 0.25) is 5.89 Å². The third-order valence-corrected chi connectivity index (χ3v) is 3.25. The predicted octanol–water partition coefficient (Wildman–Crippen LogP) is 2.93. The first-order valence-electron chi connectivity index (χ1n) is 6.72. The molecule has 0 saturated heterocycles. The lowest BCUT2D eigenvalue weighted by Gasteiger charge is -2.02. The highest BCUT2D eigenvalue weighted by Crippen LogP contribution is 2.26. The lowest BCUT2D eigenvalue weighted by Crippen LogP contribution is -2.02. The fourth-order valence-electron chi connectivity index (χ4n) is 2.34. The van der Waals surface area contributed by atoms with Gasteiger partial charge in [-0.25, -0.2) is 0 Å². The molecule has 0 aliphatic carbocycles. The molecule has 0 bridgehead atoms. The molecule has 0 atom stereocenters. The predicted molar refractivity (Wildman–Crippen MR) is 76.0 cm³/mol. The third-order valence-electron chi connectivity index (χ3n) is 3.25. The smallest absolute Gasteiger partial charge is 0.293 e. The zero-order valence-corrected chi connectivity index (χ0v) is 11.5. The molecule has 1 aromatic carbocycles. The van der Waals surface area contributed by atoms with Crippen LogP contribution in [0.15, 0.2) is 35.0 Å². The van der Waals surface area contributed by atoms with Crippen LogP contribution in [-0.4, -0.2) is 19.6 Å². The summed E-state index contributed by atoms with van der Waals surface area (Å²) in [7, 11) is 0. The Morgan fingerprint density at radius 2 is 2.24 bits per heavy atom. The average Bonchev–Trinajstić information content (AvgIpc) is 3.07. The molecule has 0 N–H and O–H groups in total. The number of aromatic nitrogens is 3. The number of nitro groups is 1. The van der Waals surface area contributed by atoms with Crippen molar-refractivity contribution >= 4 is 16.6 Å². The minimum Gasteiger partial charge on any atom is -0.339 e. The number of nitrogens with zero attached hydrogens (tertiary/aromatic N) is 4. The molecule has 2 aromatic heterocycles. The maximum Gasteiger partial charge on any atom is 0.293 e. The van der Waals surface area contributed by atoms with Gasteiger partial charge < -0.3 is 9.09 Å². The van der Waals surface area contributed by atoms with Crippen LogP contribution in [0.3, 0.4) is 0 Å². The van der Waals surface area contributed by atoms with E-state index in [1.165, 1.54) is 6.07 Å². The van der Waals surface area contributed by atoms with Gasteiger partial charge in [0, 0.05) is 24.1 Å². The summed E-state index contributed by atoms with van der Waals surface area (Å²) in [6.45, 7) is 2.38. The van der Waals surface area contributed by atoms with E-state index in [1.807, 2.05) is 19.1 Å². The van der Waals surface area contributed by atoms with Crippen molar-refractivity contribution in [1.29, 1.82) is 0 Å². The van der Waals surface area contributed by atoms with Gasteiger partial charge in [0.1, 0.15) is 5.52 Å². The van der Waals surface area contributed by atoms with Crippen molar-refractivity contribution in [3.05, 3.63) is 52.3 Å². The molecule has 108 valence electrons. The zero-order chi connectivity index (χ0) is 14.8. The number of rotatable bonds is 5. The van der Waals surface area contributed by atoms with E-state index >= 15 is 0 Å². The maximum atomic E-state index is 11.1. The van der Waals surface area contributed by atoms with Crippen molar-refractivity contribution < 1.29 is 9.45 Å².